The summed E-state index contributed by atoms with van der Waals surface area (Å²) in [5.74, 6) is 0.404. The second kappa shape index (κ2) is 9.00. The van der Waals surface area contributed by atoms with Crippen LogP contribution in [0.3, 0.4) is 0 Å². The van der Waals surface area contributed by atoms with Gasteiger partial charge in [0, 0.05) is 51.7 Å². The molecular weight excluding hydrogens is 268 g/mol. The molecule has 1 unspecified atom stereocenters. The minimum absolute atomic E-state index is 0.0128. The van der Waals surface area contributed by atoms with Crippen LogP contribution in [0.4, 0.5) is 0 Å². The van der Waals surface area contributed by atoms with Gasteiger partial charge in [-0.05, 0) is 20.9 Å². The Labute approximate surface area is 128 Å². The van der Waals surface area contributed by atoms with Gasteiger partial charge in [0.15, 0.2) is 0 Å². The van der Waals surface area contributed by atoms with E-state index in [4.69, 9.17) is 0 Å². The van der Waals surface area contributed by atoms with Crippen molar-refractivity contribution in [3.8, 4) is 0 Å². The first-order valence-electron chi connectivity index (χ1n) is 7.96. The maximum atomic E-state index is 12.2. The number of carbonyl (C=O) groups excluding carboxylic acids is 2. The average molecular weight is 298 g/mol. The Morgan fingerprint density at radius 1 is 1.14 bits per heavy atom. The number of carbonyl (C=O) groups is 2. The van der Waals surface area contributed by atoms with Gasteiger partial charge in [-0.25, -0.2) is 0 Å². The highest BCUT2D eigenvalue weighted by Crippen LogP contribution is 2.07. The van der Waals surface area contributed by atoms with Crippen LogP contribution in [0.25, 0.3) is 0 Å². The summed E-state index contributed by atoms with van der Waals surface area (Å²) in [5, 5.41) is 3.04. The van der Waals surface area contributed by atoms with E-state index >= 15 is 0 Å². The van der Waals surface area contributed by atoms with E-state index in [0.29, 0.717) is 13.1 Å². The Kier molecular flexibility index (Phi) is 7.67. The SMILES string of the molecule is CCN(CC)C(=O)CN1CCN(C(=O)C(C)CNC)CC1. The van der Waals surface area contributed by atoms with Gasteiger partial charge in [0.05, 0.1) is 6.54 Å². The van der Waals surface area contributed by atoms with E-state index in [1.807, 2.05) is 37.6 Å². The zero-order chi connectivity index (χ0) is 15.8. The van der Waals surface area contributed by atoms with E-state index in [1.165, 1.54) is 0 Å². The predicted molar refractivity (Wildman–Crippen MR) is 84.0 cm³/mol. The van der Waals surface area contributed by atoms with Crippen LogP contribution in [0, 0.1) is 5.92 Å². The molecule has 6 heteroatoms. The van der Waals surface area contributed by atoms with Gasteiger partial charge < -0.3 is 15.1 Å². The van der Waals surface area contributed by atoms with E-state index < -0.39 is 0 Å². The molecule has 0 aromatic heterocycles. The van der Waals surface area contributed by atoms with Crippen molar-refractivity contribution < 1.29 is 9.59 Å². The van der Waals surface area contributed by atoms with Gasteiger partial charge in [-0.1, -0.05) is 6.92 Å². The highest BCUT2D eigenvalue weighted by atomic mass is 16.2. The maximum absolute atomic E-state index is 12.2. The highest BCUT2D eigenvalue weighted by Gasteiger charge is 2.25. The standard InChI is InChI=1S/C15H30N4O2/c1-5-18(6-2)14(20)12-17-7-9-19(10-8-17)15(21)13(3)11-16-4/h13,16H,5-12H2,1-4H3. The molecule has 0 saturated carbocycles. The van der Waals surface area contributed by atoms with Crippen LogP contribution in [-0.4, -0.2) is 85.9 Å². The van der Waals surface area contributed by atoms with Crippen LogP contribution in [0.2, 0.25) is 0 Å². The molecule has 122 valence electrons. The van der Waals surface area contributed by atoms with Crippen LogP contribution in [-0.2, 0) is 9.59 Å². The van der Waals surface area contributed by atoms with Crippen molar-refractivity contribution in [2.75, 3.05) is 59.4 Å². The van der Waals surface area contributed by atoms with Gasteiger partial charge in [-0.15, -0.1) is 0 Å². The molecule has 1 N–H and O–H groups in total. The first-order chi connectivity index (χ1) is 10.0. The maximum Gasteiger partial charge on any atom is 0.236 e. The van der Waals surface area contributed by atoms with Crippen LogP contribution < -0.4 is 5.32 Å². The largest absolute Gasteiger partial charge is 0.342 e. The summed E-state index contributed by atoms with van der Waals surface area (Å²) in [4.78, 5) is 30.2. The molecule has 21 heavy (non-hydrogen) atoms. The molecule has 0 aliphatic carbocycles. The number of hydrogen-bond donors (Lipinski definition) is 1. The number of nitrogens with zero attached hydrogens (tertiary/aromatic N) is 3. The van der Waals surface area contributed by atoms with E-state index in [1.54, 1.807) is 0 Å². The number of piperazine rings is 1. The molecule has 1 aliphatic rings. The summed E-state index contributed by atoms with van der Waals surface area (Å²) >= 11 is 0. The van der Waals surface area contributed by atoms with Crippen molar-refractivity contribution in [2.24, 2.45) is 5.92 Å². The van der Waals surface area contributed by atoms with Gasteiger partial charge in [-0.3, -0.25) is 14.5 Å². The van der Waals surface area contributed by atoms with Crippen LogP contribution in [0.1, 0.15) is 20.8 Å². The van der Waals surface area contributed by atoms with Crippen molar-refractivity contribution in [1.82, 2.24) is 20.0 Å². The fourth-order valence-corrected chi connectivity index (χ4v) is 2.70. The van der Waals surface area contributed by atoms with Gasteiger partial charge >= 0.3 is 0 Å². The van der Waals surface area contributed by atoms with Crippen molar-refractivity contribution in [3.63, 3.8) is 0 Å². The zero-order valence-corrected chi connectivity index (χ0v) is 13.9. The zero-order valence-electron chi connectivity index (χ0n) is 13.9. The van der Waals surface area contributed by atoms with Gasteiger partial charge in [0.25, 0.3) is 0 Å². The summed E-state index contributed by atoms with van der Waals surface area (Å²) in [6.45, 7) is 11.7. The lowest BCUT2D eigenvalue weighted by molar-refractivity contribution is -0.137. The predicted octanol–water partition coefficient (Wildman–Crippen LogP) is -0.145. The molecule has 0 radical (unpaired) electrons. The topological polar surface area (TPSA) is 55.9 Å². The van der Waals surface area contributed by atoms with Crippen molar-refractivity contribution in [2.45, 2.75) is 20.8 Å². The molecule has 0 bridgehead atoms. The van der Waals surface area contributed by atoms with Gasteiger partial charge in [0.1, 0.15) is 0 Å². The van der Waals surface area contributed by atoms with E-state index in [-0.39, 0.29) is 17.7 Å². The molecule has 1 aliphatic heterocycles. The molecule has 1 atom stereocenters. The van der Waals surface area contributed by atoms with Crippen molar-refractivity contribution >= 4 is 11.8 Å². The van der Waals surface area contributed by atoms with Crippen molar-refractivity contribution in [1.29, 1.82) is 0 Å². The molecule has 1 rings (SSSR count). The molecule has 2 amide bonds. The second-order valence-electron chi connectivity index (χ2n) is 5.63. The molecule has 1 heterocycles. The number of amides is 2. The normalized spacial score (nSPS) is 17.6. The van der Waals surface area contributed by atoms with E-state index in [0.717, 1.165) is 39.3 Å². The summed E-state index contributed by atoms with van der Waals surface area (Å²) in [7, 11) is 1.86. The molecular formula is C15H30N4O2. The summed E-state index contributed by atoms with van der Waals surface area (Å²) in [6.07, 6.45) is 0. The van der Waals surface area contributed by atoms with Crippen molar-refractivity contribution in [3.05, 3.63) is 0 Å². The van der Waals surface area contributed by atoms with Crippen LogP contribution >= 0.6 is 0 Å². The Morgan fingerprint density at radius 2 is 1.71 bits per heavy atom. The number of nitrogens with one attached hydrogen (secondary N) is 1. The van der Waals surface area contributed by atoms with Gasteiger partial charge in [0.2, 0.25) is 11.8 Å². The minimum Gasteiger partial charge on any atom is -0.342 e. The summed E-state index contributed by atoms with van der Waals surface area (Å²) in [5.41, 5.74) is 0. The Hall–Kier alpha value is -1.14. The van der Waals surface area contributed by atoms with E-state index in [9.17, 15) is 9.59 Å². The molecule has 0 spiro atoms. The Bertz CT molecular complexity index is 337. The Balaban J connectivity index is 2.38. The summed E-state index contributed by atoms with van der Waals surface area (Å²) in [6, 6.07) is 0. The van der Waals surface area contributed by atoms with Crippen LogP contribution in [0.15, 0.2) is 0 Å². The lowest BCUT2D eigenvalue weighted by Crippen LogP contribution is -2.53. The van der Waals surface area contributed by atoms with Crippen LogP contribution in [0.5, 0.6) is 0 Å². The molecule has 1 fully saturated rings. The number of hydrogen-bond acceptors (Lipinski definition) is 4. The third kappa shape index (κ3) is 5.28. The Morgan fingerprint density at radius 3 is 2.19 bits per heavy atom. The highest BCUT2D eigenvalue weighted by molar-refractivity contribution is 5.79. The molecule has 0 aromatic carbocycles. The first-order valence-corrected chi connectivity index (χ1v) is 7.96. The third-order valence-corrected chi connectivity index (χ3v) is 4.09. The second-order valence-corrected chi connectivity index (χ2v) is 5.63. The minimum atomic E-state index is 0.0128. The lowest BCUT2D eigenvalue weighted by atomic mass is 10.1. The first kappa shape index (κ1) is 17.9. The van der Waals surface area contributed by atoms with E-state index in [2.05, 4.69) is 10.2 Å². The van der Waals surface area contributed by atoms with Gasteiger partial charge in [-0.2, -0.15) is 0 Å². The fourth-order valence-electron chi connectivity index (χ4n) is 2.70. The smallest absolute Gasteiger partial charge is 0.236 e. The number of likely N-dealkylation sites (N-methyl/N-ethyl adjacent to an activating group) is 1. The fraction of sp³-hybridized carbons (Fsp3) is 0.867. The summed E-state index contributed by atoms with van der Waals surface area (Å²) < 4.78 is 0. The molecule has 1 saturated heterocycles. The third-order valence-electron chi connectivity index (χ3n) is 4.09. The average Bonchev–Trinajstić information content (AvgIpc) is 2.48. The monoisotopic (exact) mass is 298 g/mol. The lowest BCUT2D eigenvalue weighted by Gasteiger charge is -2.36. The molecule has 0 aromatic rings. The quantitative estimate of drug-likeness (QED) is 0.710. The number of rotatable bonds is 7. The molecule has 6 nitrogen and oxygen atoms in total.